The van der Waals surface area contributed by atoms with E-state index in [2.05, 4.69) is 23.8 Å². The SMILES string of the molecule is CCN(CC)c1c(C)c(-c2ccccc2)n[n+]([O-])c1C. The summed E-state index contributed by atoms with van der Waals surface area (Å²) in [7, 11) is 0. The number of aromatic nitrogens is 2. The molecular formula is C16H21N3O. The summed E-state index contributed by atoms with van der Waals surface area (Å²) in [5.74, 6) is 0. The van der Waals surface area contributed by atoms with E-state index in [1.54, 1.807) is 0 Å². The molecule has 0 amide bonds. The fraction of sp³-hybridized carbons (Fsp3) is 0.375. The molecule has 0 fully saturated rings. The van der Waals surface area contributed by atoms with Crippen LogP contribution >= 0.6 is 0 Å². The number of nitrogens with zero attached hydrogens (tertiary/aromatic N) is 3. The van der Waals surface area contributed by atoms with Gasteiger partial charge in [0.15, 0.2) is 0 Å². The Labute approximate surface area is 120 Å². The molecule has 0 spiro atoms. The van der Waals surface area contributed by atoms with Crippen LogP contribution < -0.4 is 9.75 Å². The van der Waals surface area contributed by atoms with Gasteiger partial charge in [-0.05, 0) is 20.8 Å². The van der Waals surface area contributed by atoms with Crippen molar-refractivity contribution >= 4 is 5.69 Å². The Kier molecular flexibility index (Phi) is 4.23. The van der Waals surface area contributed by atoms with E-state index < -0.39 is 0 Å². The van der Waals surface area contributed by atoms with E-state index in [9.17, 15) is 5.21 Å². The minimum atomic E-state index is 0.658. The van der Waals surface area contributed by atoms with E-state index in [0.717, 1.165) is 40.4 Å². The highest BCUT2D eigenvalue weighted by Gasteiger charge is 2.22. The van der Waals surface area contributed by atoms with E-state index in [4.69, 9.17) is 0 Å². The quantitative estimate of drug-likeness (QED) is 0.634. The Bertz CT molecular complexity index is 592. The van der Waals surface area contributed by atoms with Gasteiger partial charge < -0.3 is 10.1 Å². The maximum atomic E-state index is 12.1. The number of anilines is 1. The summed E-state index contributed by atoms with van der Waals surface area (Å²) in [6.45, 7) is 9.80. The van der Waals surface area contributed by atoms with Crippen LogP contribution in [0.5, 0.6) is 0 Å². The third-order valence-corrected chi connectivity index (χ3v) is 3.66. The summed E-state index contributed by atoms with van der Waals surface area (Å²) >= 11 is 0. The predicted molar refractivity (Wildman–Crippen MR) is 81.7 cm³/mol. The Morgan fingerprint density at radius 3 is 2.25 bits per heavy atom. The molecule has 0 aliphatic rings. The number of hydrogen-bond donors (Lipinski definition) is 0. The average Bonchev–Trinajstić information content (AvgIpc) is 2.48. The first-order valence-electron chi connectivity index (χ1n) is 7.01. The molecule has 1 aromatic heterocycles. The van der Waals surface area contributed by atoms with Crippen molar-refractivity contribution in [3.63, 3.8) is 0 Å². The fourth-order valence-corrected chi connectivity index (χ4v) is 2.59. The second kappa shape index (κ2) is 5.90. The molecule has 0 atom stereocenters. The maximum absolute atomic E-state index is 12.1. The lowest BCUT2D eigenvalue weighted by Gasteiger charge is -2.24. The van der Waals surface area contributed by atoms with Gasteiger partial charge in [-0.25, -0.2) is 0 Å². The minimum Gasteiger partial charge on any atom is -0.594 e. The van der Waals surface area contributed by atoms with Gasteiger partial charge in [0.2, 0.25) is 5.69 Å². The molecule has 0 N–H and O–H groups in total. The van der Waals surface area contributed by atoms with Gasteiger partial charge in [-0.15, -0.1) is 0 Å². The van der Waals surface area contributed by atoms with Crippen molar-refractivity contribution in [1.82, 2.24) is 5.10 Å². The zero-order valence-electron chi connectivity index (χ0n) is 12.6. The van der Waals surface area contributed by atoms with Crippen molar-refractivity contribution in [2.24, 2.45) is 0 Å². The molecule has 1 aromatic carbocycles. The van der Waals surface area contributed by atoms with E-state index in [0.29, 0.717) is 5.69 Å². The standard InChI is InChI=1S/C16H21N3O/c1-5-18(6-2)16-12(3)15(17-19(20)13(16)4)14-10-8-7-9-11-14/h7-11H,5-6H2,1-4H3. The molecule has 1 heterocycles. The van der Waals surface area contributed by atoms with Crippen LogP contribution in [0.4, 0.5) is 5.69 Å². The molecule has 4 nitrogen and oxygen atoms in total. The molecule has 0 saturated heterocycles. The summed E-state index contributed by atoms with van der Waals surface area (Å²) < 4.78 is 0. The Balaban J connectivity index is 2.67. The topological polar surface area (TPSA) is 43.1 Å². The highest BCUT2D eigenvalue weighted by molar-refractivity contribution is 5.70. The monoisotopic (exact) mass is 271 g/mol. The molecule has 106 valence electrons. The van der Waals surface area contributed by atoms with Crippen molar-refractivity contribution in [3.8, 4) is 11.3 Å². The first kappa shape index (κ1) is 14.3. The van der Waals surface area contributed by atoms with E-state index in [1.165, 1.54) is 0 Å². The molecule has 0 saturated carbocycles. The van der Waals surface area contributed by atoms with Crippen LogP contribution in [-0.4, -0.2) is 18.2 Å². The van der Waals surface area contributed by atoms with Crippen molar-refractivity contribution in [1.29, 1.82) is 0 Å². The Morgan fingerprint density at radius 2 is 1.70 bits per heavy atom. The van der Waals surface area contributed by atoms with Crippen molar-refractivity contribution < 1.29 is 4.85 Å². The summed E-state index contributed by atoms with van der Waals surface area (Å²) in [6.07, 6.45) is 0. The maximum Gasteiger partial charge on any atom is 0.242 e. The van der Waals surface area contributed by atoms with Gasteiger partial charge in [0, 0.05) is 36.2 Å². The van der Waals surface area contributed by atoms with E-state index >= 15 is 0 Å². The molecule has 0 radical (unpaired) electrons. The van der Waals surface area contributed by atoms with Crippen LogP contribution in [0.3, 0.4) is 0 Å². The van der Waals surface area contributed by atoms with E-state index in [-0.39, 0.29) is 0 Å². The molecule has 0 aliphatic heterocycles. The van der Waals surface area contributed by atoms with Crippen LogP contribution in [-0.2, 0) is 0 Å². The largest absolute Gasteiger partial charge is 0.594 e. The van der Waals surface area contributed by atoms with Gasteiger partial charge in [-0.3, -0.25) is 0 Å². The lowest BCUT2D eigenvalue weighted by molar-refractivity contribution is -0.673. The van der Waals surface area contributed by atoms with Gasteiger partial charge in [0.05, 0.1) is 0 Å². The molecular weight excluding hydrogens is 250 g/mol. The Morgan fingerprint density at radius 1 is 1.10 bits per heavy atom. The third-order valence-electron chi connectivity index (χ3n) is 3.66. The fourth-order valence-electron chi connectivity index (χ4n) is 2.59. The lowest BCUT2D eigenvalue weighted by Crippen LogP contribution is -2.39. The molecule has 4 heteroatoms. The third kappa shape index (κ3) is 2.46. The van der Waals surface area contributed by atoms with Crippen LogP contribution in [0, 0.1) is 19.1 Å². The zero-order chi connectivity index (χ0) is 14.7. The van der Waals surface area contributed by atoms with Crippen LogP contribution in [0.2, 0.25) is 0 Å². The molecule has 0 unspecified atom stereocenters. The van der Waals surface area contributed by atoms with Gasteiger partial charge in [-0.2, -0.15) is 0 Å². The molecule has 0 aliphatic carbocycles. The molecule has 0 bridgehead atoms. The molecule has 20 heavy (non-hydrogen) atoms. The highest BCUT2D eigenvalue weighted by atomic mass is 16.5. The van der Waals surface area contributed by atoms with Gasteiger partial charge in [-0.1, -0.05) is 35.2 Å². The second-order valence-electron chi connectivity index (χ2n) is 4.82. The highest BCUT2D eigenvalue weighted by Crippen LogP contribution is 2.29. The molecule has 2 aromatic rings. The molecule has 2 rings (SSSR count). The van der Waals surface area contributed by atoms with Crippen molar-refractivity contribution in [2.45, 2.75) is 27.7 Å². The normalized spacial score (nSPS) is 10.6. The summed E-state index contributed by atoms with van der Waals surface area (Å²) in [5.41, 5.74) is 4.45. The average molecular weight is 271 g/mol. The summed E-state index contributed by atoms with van der Waals surface area (Å²) in [6, 6.07) is 9.85. The van der Waals surface area contributed by atoms with Crippen molar-refractivity contribution in [2.75, 3.05) is 18.0 Å². The van der Waals surface area contributed by atoms with Gasteiger partial charge >= 0.3 is 0 Å². The number of rotatable bonds is 4. The Hall–Kier alpha value is -2.10. The van der Waals surface area contributed by atoms with Gasteiger partial charge in [0.1, 0.15) is 11.4 Å². The van der Waals surface area contributed by atoms with Gasteiger partial charge in [0.25, 0.3) is 0 Å². The predicted octanol–water partition coefficient (Wildman–Crippen LogP) is 2.85. The van der Waals surface area contributed by atoms with Crippen molar-refractivity contribution in [3.05, 3.63) is 46.8 Å². The summed E-state index contributed by atoms with van der Waals surface area (Å²) in [4.78, 5) is 2.94. The minimum absolute atomic E-state index is 0.658. The second-order valence-corrected chi connectivity index (χ2v) is 4.82. The van der Waals surface area contributed by atoms with Crippen LogP contribution in [0.15, 0.2) is 30.3 Å². The zero-order valence-corrected chi connectivity index (χ0v) is 12.6. The summed E-state index contributed by atoms with van der Waals surface area (Å²) in [5, 5.41) is 16.3. The van der Waals surface area contributed by atoms with Crippen LogP contribution in [0.25, 0.3) is 11.3 Å². The number of benzene rings is 1. The van der Waals surface area contributed by atoms with E-state index in [1.807, 2.05) is 44.2 Å². The number of hydrogen-bond acceptors (Lipinski definition) is 3. The smallest absolute Gasteiger partial charge is 0.242 e. The first-order valence-corrected chi connectivity index (χ1v) is 7.01. The first-order chi connectivity index (χ1) is 9.60. The van der Waals surface area contributed by atoms with Crippen LogP contribution in [0.1, 0.15) is 25.1 Å². The lowest BCUT2D eigenvalue weighted by atomic mass is 10.0.